The van der Waals surface area contributed by atoms with Crippen LogP contribution in [0.15, 0.2) is 12.5 Å². The third-order valence-electron chi connectivity index (χ3n) is 4.32. The maximum absolute atomic E-state index is 12.9. The molecular weight excluding hydrogens is 450 g/mol. The first-order valence-electron chi connectivity index (χ1n) is 10.7. The summed E-state index contributed by atoms with van der Waals surface area (Å²) >= 11 is 0. The Bertz CT molecular complexity index is 863. The molecule has 34 heavy (non-hydrogen) atoms. The molecule has 0 radical (unpaired) electrons. The number of rotatable bonds is 12. The minimum Gasteiger partial charge on any atom is -0.481 e. The standard InChI is InChI=1S/C21H33N5O8/c1-11(2)6-13(26-20(33)34-21(3,4)5)17(29)24-14(8-16(27)28)18(30)25-15(19(31)32)7-12-9-22-10-23-12/h9-11,13-15H,6-8H2,1-5H3,(H,22,23)(H,24,29)(H,25,30)(H,26,33)(H,27,28)(H,31,32). The van der Waals surface area contributed by atoms with Gasteiger partial charge in [-0.25, -0.2) is 14.6 Å². The predicted octanol–water partition coefficient (Wildman–Crippen LogP) is 0.421. The molecule has 0 aliphatic heterocycles. The van der Waals surface area contributed by atoms with Crippen molar-refractivity contribution >= 4 is 29.8 Å². The van der Waals surface area contributed by atoms with Crippen LogP contribution in [0, 0.1) is 5.92 Å². The zero-order chi connectivity index (χ0) is 26.1. The summed E-state index contributed by atoms with van der Waals surface area (Å²) in [5.74, 6) is -4.58. The predicted molar refractivity (Wildman–Crippen MR) is 119 cm³/mol. The average Bonchev–Trinajstić information content (AvgIpc) is 3.17. The molecule has 0 fully saturated rings. The van der Waals surface area contributed by atoms with E-state index < -0.39 is 60.0 Å². The van der Waals surface area contributed by atoms with E-state index in [1.807, 2.05) is 13.8 Å². The summed E-state index contributed by atoms with van der Waals surface area (Å²) in [6, 6.07) is -4.09. The number of aliphatic carboxylic acids is 2. The van der Waals surface area contributed by atoms with Crippen LogP contribution in [0.4, 0.5) is 4.79 Å². The van der Waals surface area contributed by atoms with E-state index >= 15 is 0 Å². The summed E-state index contributed by atoms with van der Waals surface area (Å²) in [6.45, 7) is 8.58. The largest absolute Gasteiger partial charge is 0.481 e. The molecular formula is C21H33N5O8. The number of hydrogen-bond acceptors (Lipinski definition) is 7. The van der Waals surface area contributed by atoms with Gasteiger partial charge in [-0.2, -0.15) is 0 Å². The fourth-order valence-electron chi connectivity index (χ4n) is 2.90. The van der Waals surface area contributed by atoms with Crippen molar-refractivity contribution in [2.45, 2.75) is 77.6 Å². The normalized spacial score (nSPS) is 13.9. The van der Waals surface area contributed by atoms with Crippen molar-refractivity contribution in [3.8, 4) is 0 Å². The van der Waals surface area contributed by atoms with Gasteiger partial charge in [-0.1, -0.05) is 13.8 Å². The van der Waals surface area contributed by atoms with Crippen molar-refractivity contribution in [2.24, 2.45) is 5.92 Å². The van der Waals surface area contributed by atoms with Gasteiger partial charge in [0.1, 0.15) is 23.7 Å². The molecule has 0 saturated carbocycles. The van der Waals surface area contributed by atoms with Crippen LogP contribution in [0.5, 0.6) is 0 Å². The number of carboxylic acids is 2. The number of carbonyl (C=O) groups is 5. The van der Waals surface area contributed by atoms with E-state index in [0.29, 0.717) is 5.69 Å². The Kier molecular flexibility index (Phi) is 10.5. The lowest BCUT2D eigenvalue weighted by molar-refractivity contribution is -0.143. The topological polar surface area (TPSA) is 200 Å². The first-order valence-corrected chi connectivity index (χ1v) is 10.7. The minimum atomic E-state index is -1.58. The number of imidazole rings is 1. The molecule has 13 nitrogen and oxygen atoms in total. The molecule has 1 aromatic heterocycles. The van der Waals surface area contributed by atoms with Crippen molar-refractivity contribution < 1.29 is 38.9 Å². The summed E-state index contributed by atoms with van der Waals surface area (Å²) in [7, 11) is 0. The highest BCUT2D eigenvalue weighted by atomic mass is 16.6. The van der Waals surface area contributed by atoms with Gasteiger partial charge >= 0.3 is 18.0 Å². The Morgan fingerprint density at radius 1 is 1.00 bits per heavy atom. The monoisotopic (exact) mass is 483 g/mol. The number of aromatic nitrogens is 2. The van der Waals surface area contributed by atoms with Gasteiger partial charge in [0.15, 0.2) is 0 Å². The van der Waals surface area contributed by atoms with Crippen LogP contribution in [0.2, 0.25) is 0 Å². The molecule has 6 N–H and O–H groups in total. The highest BCUT2D eigenvalue weighted by Gasteiger charge is 2.32. The molecule has 0 aliphatic carbocycles. The smallest absolute Gasteiger partial charge is 0.408 e. The van der Waals surface area contributed by atoms with Gasteiger partial charge < -0.3 is 35.9 Å². The van der Waals surface area contributed by atoms with Gasteiger partial charge in [0, 0.05) is 18.3 Å². The maximum atomic E-state index is 12.9. The fourth-order valence-corrected chi connectivity index (χ4v) is 2.90. The SMILES string of the molecule is CC(C)CC(NC(=O)OC(C)(C)C)C(=O)NC(CC(=O)O)C(=O)NC(Cc1cnc[nH]1)C(=O)O. The molecule has 3 atom stereocenters. The summed E-state index contributed by atoms with van der Waals surface area (Å²) in [5, 5.41) is 25.6. The molecule has 1 heterocycles. The number of nitrogens with one attached hydrogen (secondary N) is 4. The maximum Gasteiger partial charge on any atom is 0.408 e. The third-order valence-corrected chi connectivity index (χ3v) is 4.32. The highest BCUT2D eigenvalue weighted by molar-refractivity contribution is 5.94. The Morgan fingerprint density at radius 3 is 2.06 bits per heavy atom. The molecule has 0 spiro atoms. The molecule has 0 saturated heterocycles. The molecule has 1 rings (SSSR count). The fraction of sp³-hybridized carbons (Fsp3) is 0.619. The second-order valence-electron chi connectivity index (χ2n) is 9.17. The molecule has 0 bridgehead atoms. The Balaban J connectivity index is 2.97. The number of nitrogens with zero attached hydrogens (tertiary/aromatic N) is 1. The molecule has 13 heteroatoms. The summed E-state index contributed by atoms with van der Waals surface area (Å²) < 4.78 is 5.17. The second kappa shape index (κ2) is 12.6. The van der Waals surface area contributed by atoms with Crippen molar-refractivity contribution in [1.82, 2.24) is 25.9 Å². The van der Waals surface area contributed by atoms with E-state index in [-0.39, 0.29) is 18.8 Å². The van der Waals surface area contributed by atoms with E-state index in [2.05, 4.69) is 25.9 Å². The number of amides is 3. The van der Waals surface area contributed by atoms with E-state index in [4.69, 9.17) is 4.74 Å². The van der Waals surface area contributed by atoms with Crippen molar-refractivity contribution in [2.75, 3.05) is 0 Å². The summed E-state index contributed by atoms with van der Waals surface area (Å²) in [5.41, 5.74) is -0.375. The van der Waals surface area contributed by atoms with Gasteiger partial charge in [-0.3, -0.25) is 14.4 Å². The molecule has 0 aromatic carbocycles. The van der Waals surface area contributed by atoms with Crippen LogP contribution in [0.3, 0.4) is 0 Å². The van der Waals surface area contributed by atoms with E-state index in [1.165, 1.54) is 12.5 Å². The number of ether oxygens (including phenoxy) is 1. The number of hydrogen-bond donors (Lipinski definition) is 6. The number of alkyl carbamates (subject to hydrolysis) is 1. The van der Waals surface area contributed by atoms with E-state index in [1.54, 1.807) is 20.8 Å². The Morgan fingerprint density at radius 2 is 1.59 bits per heavy atom. The Hall–Kier alpha value is -3.64. The molecule has 0 aliphatic rings. The zero-order valence-electron chi connectivity index (χ0n) is 19.9. The molecule has 3 amide bonds. The zero-order valence-corrected chi connectivity index (χ0v) is 19.9. The first kappa shape index (κ1) is 28.4. The number of H-pyrrole nitrogens is 1. The van der Waals surface area contributed by atoms with Gasteiger partial charge in [0.2, 0.25) is 11.8 Å². The number of carboxylic acid groups (broad SMARTS) is 2. The Labute approximate surface area is 197 Å². The summed E-state index contributed by atoms with van der Waals surface area (Å²) in [4.78, 5) is 67.1. The molecule has 190 valence electrons. The van der Waals surface area contributed by atoms with Gasteiger partial charge in [0.25, 0.3) is 0 Å². The van der Waals surface area contributed by atoms with Crippen molar-refractivity contribution in [1.29, 1.82) is 0 Å². The number of aromatic amines is 1. The quantitative estimate of drug-likeness (QED) is 0.244. The number of carbonyl (C=O) groups excluding carboxylic acids is 3. The summed E-state index contributed by atoms with van der Waals surface area (Å²) in [6.07, 6.45) is 1.13. The van der Waals surface area contributed by atoms with Crippen molar-refractivity contribution in [3.05, 3.63) is 18.2 Å². The first-order chi connectivity index (χ1) is 15.7. The van der Waals surface area contributed by atoms with Gasteiger partial charge in [-0.05, 0) is 33.1 Å². The average molecular weight is 484 g/mol. The third kappa shape index (κ3) is 10.8. The lowest BCUT2D eigenvalue weighted by Crippen LogP contribution is -2.57. The van der Waals surface area contributed by atoms with Crippen LogP contribution < -0.4 is 16.0 Å². The van der Waals surface area contributed by atoms with Crippen LogP contribution >= 0.6 is 0 Å². The van der Waals surface area contributed by atoms with Crippen molar-refractivity contribution in [3.63, 3.8) is 0 Å². The molecule has 3 unspecified atom stereocenters. The van der Waals surface area contributed by atoms with Crippen LogP contribution in [0.25, 0.3) is 0 Å². The lowest BCUT2D eigenvalue weighted by Gasteiger charge is -2.26. The molecule has 1 aromatic rings. The van der Waals surface area contributed by atoms with Crippen LogP contribution in [-0.2, 0) is 30.3 Å². The lowest BCUT2D eigenvalue weighted by atomic mass is 10.0. The highest BCUT2D eigenvalue weighted by Crippen LogP contribution is 2.10. The van der Waals surface area contributed by atoms with Gasteiger partial charge in [0.05, 0.1) is 12.7 Å². The van der Waals surface area contributed by atoms with E-state index in [9.17, 15) is 34.2 Å². The van der Waals surface area contributed by atoms with E-state index in [0.717, 1.165) is 0 Å². The van der Waals surface area contributed by atoms with Crippen LogP contribution in [0.1, 0.15) is 53.2 Å². The van der Waals surface area contributed by atoms with Crippen LogP contribution in [-0.4, -0.2) is 73.8 Å². The minimum absolute atomic E-state index is 0.0387. The van der Waals surface area contributed by atoms with Gasteiger partial charge in [-0.15, -0.1) is 0 Å². The second-order valence-corrected chi connectivity index (χ2v) is 9.17.